The van der Waals surface area contributed by atoms with Gasteiger partial charge >= 0.3 is 0 Å². The molecule has 0 saturated carbocycles. The van der Waals surface area contributed by atoms with Crippen LogP contribution >= 0.6 is 0 Å². The first-order valence-electron chi connectivity index (χ1n) is 7.17. The lowest BCUT2D eigenvalue weighted by atomic mass is 10.1. The zero-order valence-corrected chi connectivity index (χ0v) is 12.2. The molecule has 0 amide bonds. The van der Waals surface area contributed by atoms with Crippen LogP contribution in [0.15, 0.2) is 18.3 Å². The first-order valence-corrected chi connectivity index (χ1v) is 7.17. The molecule has 0 aromatic carbocycles. The molecule has 5 nitrogen and oxygen atoms in total. The highest BCUT2D eigenvalue weighted by Crippen LogP contribution is 2.19. The van der Waals surface area contributed by atoms with Gasteiger partial charge in [0.1, 0.15) is 11.9 Å². The Morgan fingerprint density at radius 3 is 2.85 bits per heavy atom. The number of hydrogen-bond acceptors (Lipinski definition) is 5. The van der Waals surface area contributed by atoms with E-state index in [1.165, 1.54) is 0 Å². The molecule has 1 aromatic rings. The lowest BCUT2D eigenvalue weighted by Crippen LogP contribution is -2.54. The molecule has 2 heterocycles. The van der Waals surface area contributed by atoms with Crippen LogP contribution < -0.4 is 4.90 Å². The molecule has 5 heteroatoms. The van der Waals surface area contributed by atoms with Gasteiger partial charge in [-0.25, -0.2) is 4.98 Å². The third-order valence-corrected chi connectivity index (χ3v) is 3.78. The molecule has 2 atom stereocenters. The van der Waals surface area contributed by atoms with Crippen LogP contribution in [0.25, 0.3) is 0 Å². The molecule has 2 rings (SSSR count). The van der Waals surface area contributed by atoms with Crippen molar-refractivity contribution < 1.29 is 5.11 Å². The molecule has 0 unspecified atom stereocenters. The van der Waals surface area contributed by atoms with E-state index in [-0.39, 0.29) is 6.10 Å². The van der Waals surface area contributed by atoms with Crippen molar-refractivity contribution >= 4 is 5.82 Å². The Labute approximate surface area is 120 Å². The smallest absolute Gasteiger partial charge is 0.128 e. The van der Waals surface area contributed by atoms with Gasteiger partial charge in [-0.05, 0) is 25.5 Å². The van der Waals surface area contributed by atoms with Crippen molar-refractivity contribution in [3.05, 3.63) is 23.9 Å². The molecule has 0 spiro atoms. The summed E-state index contributed by atoms with van der Waals surface area (Å²) in [6, 6.07) is 6.25. The van der Waals surface area contributed by atoms with Crippen LogP contribution in [0, 0.1) is 11.3 Å². The molecule has 0 bridgehead atoms. The molecule has 1 N–H and O–H groups in total. The zero-order valence-electron chi connectivity index (χ0n) is 12.2. The van der Waals surface area contributed by atoms with Gasteiger partial charge in [-0.1, -0.05) is 6.92 Å². The number of aliphatic hydroxyl groups is 1. The second-order valence-corrected chi connectivity index (χ2v) is 5.37. The number of rotatable bonds is 4. The van der Waals surface area contributed by atoms with Crippen molar-refractivity contribution in [3.63, 3.8) is 0 Å². The lowest BCUT2D eigenvalue weighted by molar-refractivity contribution is 0.0884. The molecule has 20 heavy (non-hydrogen) atoms. The average molecular weight is 274 g/mol. The van der Waals surface area contributed by atoms with E-state index >= 15 is 0 Å². The summed E-state index contributed by atoms with van der Waals surface area (Å²) in [6.07, 6.45) is 2.39. The summed E-state index contributed by atoms with van der Waals surface area (Å²) in [5, 5.41) is 18.4. The molecular weight excluding hydrogens is 252 g/mol. The van der Waals surface area contributed by atoms with E-state index in [2.05, 4.69) is 27.8 Å². The Morgan fingerprint density at radius 1 is 1.50 bits per heavy atom. The summed E-state index contributed by atoms with van der Waals surface area (Å²) in [5.41, 5.74) is 0.591. The molecule has 0 radical (unpaired) electrons. The van der Waals surface area contributed by atoms with Gasteiger partial charge in [-0.15, -0.1) is 0 Å². The largest absolute Gasteiger partial charge is 0.392 e. The highest BCUT2D eigenvalue weighted by Gasteiger charge is 2.26. The molecule has 1 saturated heterocycles. The second-order valence-electron chi connectivity index (χ2n) is 5.37. The van der Waals surface area contributed by atoms with Crippen LogP contribution in [-0.2, 0) is 0 Å². The Balaban J connectivity index is 2.03. The van der Waals surface area contributed by atoms with Crippen LogP contribution in [0.4, 0.5) is 5.82 Å². The van der Waals surface area contributed by atoms with Gasteiger partial charge in [0, 0.05) is 38.4 Å². The maximum atomic E-state index is 9.56. The summed E-state index contributed by atoms with van der Waals surface area (Å²) in [6.45, 7) is 7.50. The van der Waals surface area contributed by atoms with Crippen molar-refractivity contribution in [2.75, 3.05) is 31.1 Å². The van der Waals surface area contributed by atoms with Crippen LogP contribution in [0.2, 0.25) is 0 Å². The zero-order chi connectivity index (χ0) is 14.5. The van der Waals surface area contributed by atoms with E-state index in [0.29, 0.717) is 11.6 Å². The van der Waals surface area contributed by atoms with Gasteiger partial charge in [0.25, 0.3) is 0 Å². The van der Waals surface area contributed by atoms with Gasteiger partial charge in [-0.2, -0.15) is 5.26 Å². The number of nitriles is 1. The molecule has 0 aliphatic carbocycles. The topological polar surface area (TPSA) is 63.4 Å². The Bertz CT molecular complexity index is 466. The highest BCUT2D eigenvalue weighted by molar-refractivity contribution is 5.42. The predicted octanol–water partition coefficient (Wildman–Crippen LogP) is 1.23. The van der Waals surface area contributed by atoms with Crippen LogP contribution in [-0.4, -0.2) is 53.3 Å². The van der Waals surface area contributed by atoms with Crippen LogP contribution in [0.3, 0.4) is 0 Å². The SMILES string of the molecule is CC[C@@H]1CN(c2ccc(C#N)cn2)CCN1C[C@H](C)O. The molecule has 1 fully saturated rings. The summed E-state index contributed by atoms with van der Waals surface area (Å²) >= 11 is 0. The minimum Gasteiger partial charge on any atom is -0.392 e. The summed E-state index contributed by atoms with van der Waals surface area (Å²) in [5.74, 6) is 0.930. The second kappa shape index (κ2) is 6.69. The maximum absolute atomic E-state index is 9.56. The summed E-state index contributed by atoms with van der Waals surface area (Å²) in [4.78, 5) is 8.97. The number of hydrogen-bond donors (Lipinski definition) is 1. The van der Waals surface area contributed by atoms with E-state index in [4.69, 9.17) is 5.26 Å². The minimum atomic E-state index is -0.288. The number of aliphatic hydroxyl groups excluding tert-OH is 1. The average Bonchev–Trinajstić information content (AvgIpc) is 2.47. The molecule has 108 valence electrons. The Morgan fingerprint density at radius 2 is 2.30 bits per heavy atom. The van der Waals surface area contributed by atoms with Gasteiger partial charge in [0.2, 0.25) is 0 Å². The van der Waals surface area contributed by atoms with E-state index in [9.17, 15) is 5.11 Å². The quantitative estimate of drug-likeness (QED) is 0.895. The number of aromatic nitrogens is 1. The molecular formula is C15H22N4O. The van der Waals surface area contributed by atoms with E-state index in [1.54, 1.807) is 6.20 Å². The van der Waals surface area contributed by atoms with E-state index in [0.717, 1.165) is 38.4 Å². The van der Waals surface area contributed by atoms with Crippen LogP contribution in [0.5, 0.6) is 0 Å². The van der Waals surface area contributed by atoms with Crippen molar-refractivity contribution in [2.45, 2.75) is 32.4 Å². The monoisotopic (exact) mass is 274 g/mol. The maximum Gasteiger partial charge on any atom is 0.128 e. The number of anilines is 1. The van der Waals surface area contributed by atoms with Gasteiger partial charge < -0.3 is 10.0 Å². The third-order valence-electron chi connectivity index (χ3n) is 3.78. The van der Waals surface area contributed by atoms with E-state index < -0.39 is 0 Å². The van der Waals surface area contributed by atoms with E-state index in [1.807, 2.05) is 19.1 Å². The fourth-order valence-corrected chi connectivity index (χ4v) is 2.71. The number of nitrogens with zero attached hydrogens (tertiary/aromatic N) is 4. The van der Waals surface area contributed by atoms with Crippen molar-refractivity contribution in [2.24, 2.45) is 0 Å². The highest BCUT2D eigenvalue weighted by atomic mass is 16.3. The Kier molecular flexibility index (Phi) is 4.94. The van der Waals surface area contributed by atoms with Crippen LogP contribution in [0.1, 0.15) is 25.8 Å². The first-order chi connectivity index (χ1) is 9.63. The molecule has 1 aliphatic rings. The number of β-amino-alcohol motifs (C(OH)–C–C–N with tert-alkyl or cyclic N) is 1. The van der Waals surface area contributed by atoms with Gasteiger partial charge in [0.05, 0.1) is 11.7 Å². The third kappa shape index (κ3) is 3.47. The Hall–Kier alpha value is -1.64. The number of piperazine rings is 1. The van der Waals surface area contributed by atoms with Crippen molar-refractivity contribution in [1.82, 2.24) is 9.88 Å². The standard InChI is InChI=1S/C15H22N4O/c1-3-14-11-19(7-6-18(14)10-12(2)20)15-5-4-13(8-16)9-17-15/h4-5,9,12,14,20H,3,6-7,10-11H2,1-2H3/t12-,14+/m0/s1. The summed E-state index contributed by atoms with van der Waals surface area (Å²) in [7, 11) is 0. The normalized spacial score (nSPS) is 21.5. The predicted molar refractivity (Wildman–Crippen MR) is 78.5 cm³/mol. The number of pyridine rings is 1. The lowest BCUT2D eigenvalue weighted by Gasteiger charge is -2.42. The van der Waals surface area contributed by atoms with Gasteiger partial charge in [-0.3, -0.25) is 4.90 Å². The van der Waals surface area contributed by atoms with Crippen molar-refractivity contribution in [1.29, 1.82) is 5.26 Å². The fourth-order valence-electron chi connectivity index (χ4n) is 2.71. The fraction of sp³-hybridized carbons (Fsp3) is 0.600. The minimum absolute atomic E-state index is 0.288. The van der Waals surface area contributed by atoms with Crippen molar-refractivity contribution in [3.8, 4) is 6.07 Å². The molecule has 1 aromatic heterocycles. The van der Waals surface area contributed by atoms with Gasteiger partial charge in [0.15, 0.2) is 0 Å². The molecule has 1 aliphatic heterocycles. The first kappa shape index (κ1) is 14.8. The summed E-state index contributed by atoms with van der Waals surface area (Å²) < 4.78 is 0.